The Labute approximate surface area is 94.8 Å². The van der Waals surface area contributed by atoms with Gasteiger partial charge in [-0.2, -0.15) is 13.2 Å². The van der Waals surface area contributed by atoms with Gasteiger partial charge in [0, 0.05) is 13.0 Å². The Hall–Kier alpha value is -0.290. The normalized spacial score (nSPS) is 17.2. The maximum absolute atomic E-state index is 12.0. The number of hydrogen-bond donors (Lipinski definition) is 1. The summed E-state index contributed by atoms with van der Waals surface area (Å²) in [7, 11) is 0. The van der Waals surface area contributed by atoms with E-state index in [4.69, 9.17) is 4.74 Å². The van der Waals surface area contributed by atoms with E-state index in [1.807, 2.05) is 20.8 Å². The predicted molar refractivity (Wildman–Crippen MR) is 56.2 cm³/mol. The fourth-order valence-corrected chi connectivity index (χ4v) is 1.58. The summed E-state index contributed by atoms with van der Waals surface area (Å²) in [5.74, 6) is 0. The van der Waals surface area contributed by atoms with E-state index in [0.29, 0.717) is 6.61 Å². The van der Waals surface area contributed by atoms with Gasteiger partial charge in [0.05, 0.1) is 12.2 Å². The van der Waals surface area contributed by atoms with Crippen LogP contribution in [0, 0.1) is 5.41 Å². The van der Waals surface area contributed by atoms with E-state index in [1.165, 1.54) is 0 Å². The molecule has 5 heteroatoms. The van der Waals surface area contributed by atoms with E-state index >= 15 is 0 Å². The van der Waals surface area contributed by atoms with Gasteiger partial charge in [-0.1, -0.05) is 20.8 Å². The van der Waals surface area contributed by atoms with Crippen LogP contribution in [0.2, 0.25) is 0 Å². The van der Waals surface area contributed by atoms with E-state index in [9.17, 15) is 18.3 Å². The lowest BCUT2D eigenvalue weighted by Gasteiger charge is -2.34. The summed E-state index contributed by atoms with van der Waals surface area (Å²) in [4.78, 5) is 0. The Morgan fingerprint density at radius 2 is 1.69 bits per heavy atom. The molecule has 2 unspecified atom stereocenters. The molecule has 1 N–H and O–H groups in total. The van der Waals surface area contributed by atoms with Crippen LogP contribution >= 0.6 is 0 Å². The van der Waals surface area contributed by atoms with Crippen molar-refractivity contribution in [3.05, 3.63) is 0 Å². The fraction of sp³-hybridized carbons (Fsp3) is 1.00. The van der Waals surface area contributed by atoms with Crippen molar-refractivity contribution in [2.24, 2.45) is 5.41 Å². The average molecular weight is 242 g/mol. The lowest BCUT2D eigenvalue weighted by molar-refractivity contribution is -0.151. The molecule has 0 aliphatic heterocycles. The maximum atomic E-state index is 12.0. The van der Waals surface area contributed by atoms with Crippen molar-refractivity contribution in [1.29, 1.82) is 0 Å². The summed E-state index contributed by atoms with van der Waals surface area (Å²) in [6.07, 6.45) is -7.17. The predicted octanol–water partition coefficient (Wildman–Crippen LogP) is 3.14. The van der Waals surface area contributed by atoms with E-state index in [-0.39, 0.29) is 11.8 Å². The van der Waals surface area contributed by atoms with Gasteiger partial charge in [0.15, 0.2) is 0 Å². The standard InChI is InChI=1S/C11H21F3O2/c1-5-16-9(10(2,3)4)8(15)6-7-11(12,13)14/h8-9,15H,5-7H2,1-4H3. The van der Waals surface area contributed by atoms with Crippen LogP contribution in [0.15, 0.2) is 0 Å². The highest BCUT2D eigenvalue weighted by molar-refractivity contribution is 4.81. The van der Waals surface area contributed by atoms with Gasteiger partial charge in [0.1, 0.15) is 0 Å². The highest BCUT2D eigenvalue weighted by Crippen LogP contribution is 2.29. The molecule has 2 atom stereocenters. The van der Waals surface area contributed by atoms with Crippen molar-refractivity contribution in [3.8, 4) is 0 Å². The number of ether oxygens (including phenoxy) is 1. The minimum absolute atomic E-state index is 0.314. The number of hydrogen-bond acceptors (Lipinski definition) is 2. The van der Waals surface area contributed by atoms with Gasteiger partial charge in [-0.25, -0.2) is 0 Å². The van der Waals surface area contributed by atoms with Crippen LogP contribution in [0.5, 0.6) is 0 Å². The zero-order valence-electron chi connectivity index (χ0n) is 10.3. The molecule has 0 aromatic carbocycles. The van der Waals surface area contributed by atoms with Gasteiger partial charge in [-0.3, -0.25) is 0 Å². The summed E-state index contributed by atoms with van der Waals surface area (Å²) in [6, 6.07) is 0. The number of aliphatic hydroxyl groups excluding tert-OH is 1. The maximum Gasteiger partial charge on any atom is 0.389 e. The molecule has 0 amide bonds. The van der Waals surface area contributed by atoms with Crippen LogP contribution in [0.3, 0.4) is 0 Å². The minimum atomic E-state index is -4.23. The quantitative estimate of drug-likeness (QED) is 0.802. The average Bonchev–Trinajstić information content (AvgIpc) is 2.07. The van der Waals surface area contributed by atoms with Gasteiger partial charge in [0.25, 0.3) is 0 Å². The third kappa shape index (κ3) is 6.33. The Morgan fingerprint density at radius 1 is 1.19 bits per heavy atom. The molecule has 0 spiro atoms. The molecule has 0 rings (SSSR count). The highest BCUT2D eigenvalue weighted by Gasteiger charge is 2.35. The first kappa shape index (κ1) is 15.7. The monoisotopic (exact) mass is 242 g/mol. The van der Waals surface area contributed by atoms with Gasteiger partial charge in [-0.15, -0.1) is 0 Å². The van der Waals surface area contributed by atoms with Crippen molar-refractivity contribution in [3.63, 3.8) is 0 Å². The van der Waals surface area contributed by atoms with Crippen molar-refractivity contribution in [2.45, 2.75) is 58.9 Å². The van der Waals surface area contributed by atoms with Crippen LogP contribution in [0.4, 0.5) is 13.2 Å². The smallest absolute Gasteiger partial charge is 0.389 e. The Balaban J connectivity index is 4.34. The van der Waals surface area contributed by atoms with Crippen LogP contribution in [0.25, 0.3) is 0 Å². The summed E-state index contributed by atoms with van der Waals surface area (Å²) < 4.78 is 41.3. The lowest BCUT2D eigenvalue weighted by Crippen LogP contribution is -2.40. The first-order valence-corrected chi connectivity index (χ1v) is 5.44. The summed E-state index contributed by atoms with van der Waals surface area (Å²) in [5, 5.41) is 9.71. The Bertz CT molecular complexity index is 196. The molecule has 0 bridgehead atoms. The first-order chi connectivity index (χ1) is 7.08. The molecule has 0 saturated heterocycles. The van der Waals surface area contributed by atoms with Gasteiger partial charge >= 0.3 is 6.18 Å². The number of alkyl halides is 3. The van der Waals surface area contributed by atoms with E-state index in [0.717, 1.165) is 0 Å². The molecule has 0 fully saturated rings. The second-order valence-corrected chi connectivity index (χ2v) is 4.96. The second-order valence-electron chi connectivity index (χ2n) is 4.96. The molecule has 0 aliphatic carbocycles. The summed E-state index contributed by atoms with van der Waals surface area (Å²) in [5.41, 5.74) is -0.374. The van der Waals surface area contributed by atoms with Gasteiger partial charge in [0.2, 0.25) is 0 Å². The largest absolute Gasteiger partial charge is 0.390 e. The SMILES string of the molecule is CCOC(C(O)CCC(F)(F)F)C(C)(C)C. The van der Waals surface area contributed by atoms with Crippen molar-refractivity contribution < 1.29 is 23.0 Å². The molecule has 0 heterocycles. The van der Waals surface area contributed by atoms with E-state index in [1.54, 1.807) is 6.92 Å². The number of rotatable bonds is 5. The second kappa shape index (κ2) is 5.87. The topological polar surface area (TPSA) is 29.5 Å². The fourth-order valence-electron chi connectivity index (χ4n) is 1.58. The van der Waals surface area contributed by atoms with Crippen LogP contribution < -0.4 is 0 Å². The molecule has 2 nitrogen and oxygen atoms in total. The Kier molecular flexibility index (Phi) is 5.76. The lowest BCUT2D eigenvalue weighted by atomic mass is 9.84. The molecule has 0 aliphatic rings. The highest BCUT2D eigenvalue weighted by atomic mass is 19.4. The van der Waals surface area contributed by atoms with E-state index in [2.05, 4.69) is 0 Å². The molecule has 0 radical (unpaired) electrons. The number of aliphatic hydroxyl groups is 1. The number of halogens is 3. The molecular formula is C11H21F3O2. The summed E-state index contributed by atoms with van der Waals surface area (Å²) in [6.45, 7) is 7.65. The molecule has 98 valence electrons. The van der Waals surface area contributed by atoms with Crippen molar-refractivity contribution >= 4 is 0 Å². The zero-order valence-corrected chi connectivity index (χ0v) is 10.3. The van der Waals surface area contributed by atoms with Gasteiger partial charge < -0.3 is 9.84 Å². The van der Waals surface area contributed by atoms with Crippen molar-refractivity contribution in [2.75, 3.05) is 6.61 Å². The minimum Gasteiger partial charge on any atom is -0.390 e. The molecule has 0 aromatic heterocycles. The van der Waals surface area contributed by atoms with E-state index < -0.39 is 24.8 Å². The molecular weight excluding hydrogens is 221 g/mol. The van der Waals surface area contributed by atoms with Crippen molar-refractivity contribution in [1.82, 2.24) is 0 Å². The van der Waals surface area contributed by atoms with Crippen LogP contribution in [0.1, 0.15) is 40.5 Å². The third-order valence-electron chi connectivity index (χ3n) is 2.27. The zero-order chi connectivity index (χ0) is 13.0. The van der Waals surface area contributed by atoms with Gasteiger partial charge in [-0.05, 0) is 18.8 Å². The molecule has 16 heavy (non-hydrogen) atoms. The third-order valence-corrected chi connectivity index (χ3v) is 2.27. The summed E-state index contributed by atoms with van der Waals surface area (Å²) >= 11 is 0. The van der Waals surface area contributed by atoms with Crippen LogP contribution in [-0.2, 0) is 4.74 Å². The van der Waals surface area contributed by atoms with Crippen LogP contribution in [-0.4, -0.2) is 30.1 Å². The molecule has 0 aromatic rings. The molecule has 0 saturated carbocycles. The first-order valence-electron chi connectivity index (χ1n) is 5.44. The Morgan fingerprint density at radius 3 is 2.00 bits per heavy atom.